The maximum absolute atomic E-state index is 12.9. The summed E-state index contributed by atoms with van der Waals surface area (Å²) in [6, 6.07) is 10.4. The molecule has 0 unspecified atom stereocenters. The molecule has 170 valence electrons. The molecule has 4 aromatic rings. The Labute approximate surface area is 199 Å². The number of thiazole rings is 1. The van der Waals surface area contributed by atoms with Gasteiger partial charge in [-0.3, -0.25) is 14.0 Å². The van der Waals surface area contributed by atoms with Crippen molar-refractivity contribution in [1.82, 2.24) is 14.3 Å². The molecule has 0 atom stereocenters. The molecule has 0 radical (unpaired) electrons. The van der Waals surface area contributed by atoms with E-state index in [1.54, 1.807) is 48.5 Å². The normalized spacial score (nSPS) is 11.8. The Bertz CT molecular complexity index is 1440. The first kappa shape index (κ1) is 22.8. The van der Waals surface area contributed by atoms with Crippen LogP contribution in [0.5, 0.6) is 11.5 Å². The fraction of sp³-hybridized carbons (Fsp3) is 0.208. The number of carbonyl (C=O) groups excluding carboxylic acids is 1. The number of fused-ring (bicyclic) bond motifs is 1. The summed E-state index contributed by atoms with van der Waals surface area (Å²) in [6.07, 6.45) is 4.27. The van der Waals surface area contributed by atoms with E-state index in [1.165, 1.54) is 22.8 Å². The van der Waals surface area contributed by atoms with Crippen molar-refractivity contribution >= 4 is 39.9 Å². The predicted molar refractivity (Wildman–Crippen MR) is 130 cm³/mol. The molecule has 0 spiro atoms. The van der Waals surface area contributed by atoms with Crippen molar-refractivity contribution in [1.29, 1.82) is 0 Å². The van der Waals surface area contributed by atoms with Crippen LogP contribution in [0.2, 0.25) is 5.02 Å². The zero-order valence-corrected chi connectivity index (χ0v) is 19.9. The topological polar surface area (TPSA) is 84.1 Å². The number of hydrogen-bond donors (Lipinski definition) is 1. The summed E-state index contributed by atoms with van der Waals surface area (Å²) in [7, 11) is 3.22. The maximum atomic E-state index is 12.9. The molecule has 0 aliphatic carbocycles. The van der Waals surface area contributed by atoms with E-state index in [2.05, 4.69) is 4.98 Å². The lowest BCUT2D eigenvalue weighted by atomic mass is 10.1. The van der Waals surface area contributed by atoms with Crippen LogP contribution in [-0.2, 0) is 0 Å². The number of methoxy groups -OCH3 is 1. The molecule has 2 aromatic heterocycles. The van der Waals surface area contributed by atoms with E-state index in [-0.39, 0.29) is 28.0 Å². The molecule has 0 saturated carbocycles. The highest BCUT2D eigenvalue weighted by Gasteiger charge is 2.14. The minimum Gasteiger partial charge on any atom is -0.503 e. The molecule has 4 rings (SSSR count). The number of aromatic nitrogens is 2. The van der Waals surface area contributed by atoms with Gasteiger partial charge in [0.25, 0.3) is 11.5 Å². The van der Waals surface area contributed by atoms with Crippen LogP contribution < -0.4 is 14.8 Å². The molecule has 2 heterocycles. The van der Waals surface area contributed by atoms with E-state index in [1.807, 2.05) is 19.1 Å². The molecule has 1 N–H and O–H groups in total. The number of ether oxygens (including phenoxy) is 1. The fourth-order valence-corrected chi connectivity index (χ4v) is 4.67. The van der Waals surface area contributed by atoms with Gasteiger partial charge in [-0.2, -0.15) is 0 Å². The SMILES string of the molecule is CCCN(C)C(=O)c1ccc(-c2cn3c(=O)/c(=C/c4cc(Cl)c(O)c(OC)c4)sc3n2)cc1. The minimum absolute atomic E-state index is 0.0257. The molecule has 0 aliphatic heterocycles. The van der Waals surface area contributed by atoms with Gasteiger partial charge in [0.15, 0.2) is 16.5 Å². The largest absolute Gasteiger partial charge is 0.503 e. The molecule has 0 saturated heterocycles. The molecule has 33 heavy (non-hydrogen) atoms. The quantitative estimate of drug-likeness (QED) is 0.450. The predicted octanol–water partition coefficient (Wildman–Crippen LogP) is 3.82. The lowest BCUT2D eigenvalue weighted by molar-refractivity contribution is 0.0795. The highest BCUT2D eigenvalue weighted by molar-refractivity contribution is 7.15. The van der Waals surface area contributed by atoms with Crippen molar-refractivity contribution in [2.75, 3.05) is 20.7 Å². The van der Waals surface area contributed by atoms with E-state index >= 15 is 0 Å². The fourth-order valence-electron chi connectivity index (χ4n) is 3.50. The smallest absolute Gasteiger partial charge is 0.274 e. The Morgan fingerprint density at radius 1 is 1.30 bits per heavy atom. The summed E-state index contributed by atoms with van der Waals surface area (Å²) < 4.78 is 7.10. The van der Waals surface area contributed by atoms with Crippen LogP contribution >= 0.6 is 22.9 Å². The third kappa shape index (κ3) is 4.44. The molecule has 1 amide bonds. The highest BCUT2D eigenvalue weighted by atomic mass is 35.5. The molecule has 7 nitrogen and oxygen atoms in total. The van der Waals surface area contributed by atoms with Crippen molar-refractivity contribution in [3.05, 3.63) is 73.6 Å². The van der Waals surface area contributed by atoms with E-state index < -0.39 is 0 Å². The Hall–Kier alpha value is -3.36. The van der Waals surface area contributed by atoms with Crippen molar-refractivity contribution in [2.24, 2.45) is 0 Å². The zero-order chi connectivity index (χ0) is 23.7. The number of phenols is 1. The molecule has 0 aliphatic rings. The monoisotopic (exact) mass is 483 g/mol. The van der Waals surface area contributed by atoms with Gasteiger partial charge < -0.3 is 14.7 Å². The first-order valence-corrected chi connectivity index (χ1v) is 11.5. The Morgan fingerprint density at radius 3 is 2.67 bits per heavy atom. The molecular weight excluding hydrogens is 462 g/mol. The molecule has 0 bridgehead atoms. The van der Waals surface area contributed by atoms with E-state index in [0.717, 1.165) is 12.0 Å². The van der Waals surface area contributed by atoms with Crippen LogP contribution in [0.15, 0.2) is 47.4 Å². The van der Waals surface area contributed by atoms with Gasteiger partial charge in [0, 0.05) is 30.9 Å². The van der Waals surface area contributed by atoms with Crippen LogP contribution in [0.3, 0.4) is 0 Å². The van der Waals surface area contributed by atoms with Gasteiger partial charge in [0.1, 0.15) is 0 Å². The number of halogens is 1. The lowest BCUT2D eigenvalue weighted by Crippen LogP contribution is -2.27. The average molecular weight is 484 g/mol. The van der Waals surface area contributed by atoms with Crippen LogP contribution in [0.25, 0.3) is 22.3 Å². The Morgan fingerprint density at radius 2 is 2.03 bits per heavy atom. The highest BCUT2D eigenvalue weighted by Crippen LogP contribution is 2.35. The number of phenolic OH excluding ortho intramolecular Hbond substituents is 1. The number of nitrogens with zero attached hydrogens (tertiary/aromatic N) is 3. The second-order valence-corrected chi connectivity index (χ2v) is 8.97. The maximum Gasteiger partial charge on any atom is 0.274 e. The van der Waals surface area contributed by atoms with Crippen LogP contribution in [0.1, 0.15) is 29.3 Å². The van der Waals surface area contributed by atoms with Crippen LogP contribution in [-0.4, -0.2) is 46.0 Å². The van der Waals surface area contributed by atoms with E-state index in [9.17, 15) is 14.7 Å². The second-order valence-electron chi connectivity index (χ2n) is 7.55. The van der Waals surface area contributed by atoms with Gasteiger partial charge in [-0.1, -0.05) is 42.0 Å². The molecule has 0 fully saturated rings. The third-order valence-corrected chi connectivity index (χ3v) is 6.48. The summed E-state index contributed by atoms with van der Waals surface area (Å²) in [5.74, 6) is 0.0591. The van der Waals surface area contributed by atoms with Gasteiger partial charge >= 0.3 is 0 Å². The van der Waals surface area contributed by atoms with E-state index in [0.29, 0.717) is 32.9 Å². The number of imidazole rings is 1. The van der Waals surface area contributed by atoms with Gasteiger partial charge in [0.05, 0.1) is 22.4 Å². The second kappa shape index (κ2) is 9.25. The zero-order valence-electron chi connectivity index (χ0n) is 18.3. The van der Waals surface area contributed by atoms with Gasteiger partial charge in [-0.05, 0) is 42.3 Å². The van der Waals surface area contributed by atoms with Gasteiger partial charge in [0.2, 0.25) is 0 Å². The number of hydrogen-bond acceptors (Lipinski definition) is 6. The molecule has 2 aromatic carbocycles. The summed E-state index contributed by atoms with van der Waals surface area (Å²) in [5.41, 5.74) is 2.51. The van der Waals surface area contributed by atoms with Crippen molar-refractivity contribution in [3.8, 4) is 22.8 Å². The number of carbonyl (C=O) groups is 1. The average Bonchev–Trinajstić information content (AvgIpc) is 3.35. The summed E-state index contributed by atoms with van der Waals surface area (Å²) in [4.78, 5) is 32.2. The van der Waals surface area contributed by atoms with Crippen LogP contribution in [0, 0.1) is 0 Å². The summed E-state index contributed by atoms with van der Waals surface area (Å²) in [6.45, 7) is 2.73. The third-order valence-electron chi connectivity index (χ3n) is 5.21. The van der Waals surface area contributed by atoms with Gasteiger partial charge in [-0.25, -0.2) is 4.98 Å². The number of aromatic hydroxyl groups is 1. The van der Waals surface area contributed by atoms with Crippen molar-refractivity contribution in [2.45, 2.75) is 13.3 Å². The lowest BCUT2D eigenvalue weighted by Gasteiger charge is -2.16. The summed E-state index contributed by atoms with van der Waals surface area (Å²) >= 11 is 7.30. The standard InChI is InChI=1S/C24H22ClN3O4S/c1-4-9-27(2)22(30)16-7-5-15(6-8-16)18-13-28-23(31)20(33-24(28)26-18)12-14-10-17(25)21(29)19(11-14)32-3/h5-8,10-13,29H,4,9H2,1-3H3/b20-12-. The Balaban J connectivity index is 1.65. The number of benzene rings is 2. The number of amides is 1. The van der Waals surface area contributed by atoms with Crippen LogP contribution in [0.4, 0.5) is 0 Å². The molecule has 9 heteroatoms. The van der Waals surface area contributed by atoms with Crippen molar-refractivity contribution < 1.29 is 14.6 Å². The van der Waals surface area contributed by atoms with E-state index in [4.69, 9.17) is 16.3 Å². The number of rotatable bonds is 6. The Kier molecular flexibility index (Phi) is 6.40. The van der Waals surface area contributed by atoms with Gasteiger partial charge in [-0.15, -0.1) is 0 Å². The summed E-state index contributed by atoms with van der Waals surface area (Å²) in [5, 5.41) is 10.0. The van der Waals surface area contributed by atoms with Crippen molar-refractivity contribution in [3.63, 3.8) is 0 Å². The first-order valence-electron chi connectivity index (χ1n) is 10.3. The first-order chi connectivity index (χ1) is 15.8. The minimum atomic E-state index is -0.204. The molecular formula is C24H22ClN3O4S.